The van der Waals surface area contributed by atoms with E-state index in [1.807, 2.05) is 15.9 Å². The highest BCUT2D eigenvalue weighted by Gasteiger charge is 2.27. The molecule has 34 heavy (non-hydrogen) atoms. The second-order valence-corrected chi connectivity index (χ2v) is 11.0. The van der Waals surface area contributed by atoms with Crippen molar-refractivity contribution >= 4 is 27.2 Å². The van der Waals surface area contributed by atoms with E-state index in [0.29, 0.717) is 5.92 Å². The topological polar surface area (TPSA) is 70.9 Å². The predicted molar refractivity (Wildman–Crippen MR) is 138 cm³/mol. The second kappa shape index (κ2) is 7.48. The smallest absolute Gasteiger partial charge is 0.158 e. The van der Waals surface area contributed by atoms with Gasteiger partial charge in [-0.15, -0.1) is 11.3 Å². The molecule has 7 rings (SSSR count). The van der Waals surface area contributed by atoms with E-state index in [0.717, 1.165) is 38.0 Å². The molecule has 172 valence electrons. The van der Waals surface area contributed by atoms with Crippen LogP contribution in [0.25, 0.3) is 37.6 Å². The van der Waals surface area contributed by atoms with E-state index in [1.165, 1.54) is 71.8 Å². The van der Waals surface area contributed by atoms with Gasteiger partial charge in [-0.2, -0.15) is 5.10 Å². The van der Waals surface area contributed by atoms with Gasteiger partial charge in [-0.05, 0) is 60.4 Å². The lowest BCUT2D eigenvalue weighted by Crippen LogP contribution is -2.24. The number of hydrogen-bond donors (Lipinski definition) is 2. The summed E-state index contributed by atoms with van der Waals surface area (Å²) in [6, 6.07) is 2.34. The largest absolute Gasteiger partial charge is 0.346 e. The number of fused-ring (bicyclic) bond motifs is 5. The normalized spacial score (nSPS) is 15.5. The Labute approximate surface area is 202 Å². The van der Waals surface area contributed by atoms with Crippen LogP contribution in [0.3, 0.4) is 0 Å². The summed E-state index contributed by atoms with van der Waals surface area (Å²) in [5, 5.41) is 9.35. The maximum Gasteiger partial charge on any atom is 0.158 e. The molecular weight excluding hydrogens is 440 g/mol. The quantitative estimate of drug-likeness (QED) is 0.363. The molecule has 7 heteroatoms. The molecule has 1 aliphatic heterocycles. The fourth-order valence-corrected chi connectivity index (χ4v) is 7.24. The Morgan fingerprint density at radius 3 is 2.88 bits per heavy atom. The molecule has 2 N–H and O–H groups in total. The predicted octanol–water partition coefficient (Wildman–Crippen LogP) is 5.57. The molecule has 0 unspecified atom stereocenters. The highest BCUT2D eigenvalue weighted by atomic mass is 32.1. The van der Waals surface area contributed by atoms with Crippen LogP contribution in [-0.4, -0.2) is 31.1 Å². The van der Waals surface area contributed by atoms with Crippen molar-refractivity contribution in [3.63, 3.8) is 0 Å². The molecule has 5 aromatic rings. The third-order valence-corrected chi connectivity index (χ3v) is 8.84. The van der Waals surface area contributed by atoms with Gasteiger partial charge in [-0.25, -0.2) is 9.50 Å². The Hall–Kier alpha value is -3.03. The zero-order valence-corrected chi connectivity index (χ0v) is 20.6. The number of aromatic amines is 1. The molecule has 0 saturated carbocycles. The molecule has 6 heterocycles. The third kappa shape index (κ3) is 2.86. The summed E-state index contributed by atoms with van der Waals surface area (Å²) in [6.07, 6.45) is 10.3. The Kier molecular flexibility index (Phi) is 4.48. The Balaban J connectivity index is 1.43. The molecule has 0 bridgehead atoms. The minimum atomic E-state index is 0.402. The molecule has 0 radical (unpaired) electrons. The number of aryl methyl sites for hydroxylation is 2. The van der Waals surface area contributed by atoms with Gasteiger partial charge in [0.25, 0.3) is 0 Å². The summed E-state index contributed by atoms with van der Waals surface area (Å²) in [7, 11) is 0. The minimum Gasteiger partial charge on any atom is -0.346 e. The zero-order chi connectivity index (χ0) is 23.0. The van der Waals surface area contributed by atoms with Crippen molar-refractivity contribution in [2.24, 2.45) is 0 Å². The number of aromatic nitrogens is 5. The van der Waals surface area contributed by atoms with Crippen LogP contribution in [0.15, 0.2) is 24.8 Å². The summed E-state index contributed by atoms with van der Waals surface area (Å²) in [4.78, 5) is 15.8. The lowest BCUT2D eigenvalue weighted by atomic mass is 9.92. The number of thiophene rings is 1. The van der Waals surface area contributed by atoms with Crippen molar-refractivity contribution in [3.8, 4) is 21.7 Å². The van der Waals surface area contributed by atoms with Crippen LogP contribution >= 0.6 is 11.3 Å². The Morgan fingerprint density at radius 1 is 1.12 bits per heavy atom. The lowest BCUT2D eigenvalue weighted by molar-refractivity contribution is 0.630. The first-order valence-corrected chi connectivity index (χ1v) is 13.1. The van der Waals surface area contributed by atoms with Gasteiger partial charge in [0.15, 0.2) is 5.65 Å². The maximum atomic E-state index is 4.82. The molecule has 0 amide bonds. The van der Waals surface area contributed by atoms with Crippen molar-refractivity contribution in [2.75, 3.05) is 6.54 Å². The van der Waals surface area contributed by atoms with Gasteiger partial charge in [0.05, 0.1) is 5.69 Å². The first kappa shape index (κ1) is 20.4. The van der Waals surface area contributed by atoms with E-state index >= 15 is 0 Å². The van der Waals surface area contributed by atoms with E-state index < -0.39 is 0 Å². The number of rotatable bonds is 3. The summed E-state index contributed by atoms with van der Waals surface area (Å²) in [6.45, 7) is 8.83. The van der Waals surface area contributed by atoms with Gasteiger partial charge >= 0.3 is 0 Å². The number of nitrogens with zero attached hydrogens (tertiary/aromatic N) is 4. The average Bonchev–Trinajstić information content (AvgIpc) is 3.61. The summed E-state index contributed by atoms with van der Waals surface area (Å²) >= 11 is 1.86. The molecule has 0 saturated heterocycles. The van der Waals surface area contributed by atoms with E-state index in [1.54, 1.807) is 6.33 Å². The fraction of sp³-hybridized carbons (Fsp3) is 0.370. The number of hydrogen-bond acceptors (Lipinski definition) is 5. The van der Waals surface area contributed by atoms with Crippen molar-refractivity contribution in [1.29, 1.82) is 0 Å². The fourth-order valence-electron chi connectivity index (χ4n) is 6.03. The second-order valence-electron chi connectivity index (χ2n) is 9.97. The molecule has 0 spiro atoms. The van der Waals surface area contributed by atoms with Crippen molar-refractivity contribution in [3.05, 3.63) is 58.3 Å². The van der Waals surface area contributed by atoms with Gasteiger partial charge in [0.1, 0.15) is 11.2 Å². The van der Waals surface area contributed by atoms with Gasteiger partial charge in [0, 0.05) is 64.6 Å². The van der Waals surface area contributed by atoms with Crippen LogP contribution in [0.5, 0.6) is 0 Å². The van der Waals surface area contributed by atoms with Crippen molar-refractivity contribution < 1.29 is 0 Å². The van der Waals surface area contributed by atoms with Crippen LogP contribution in [0.2, 0.25) is 0 Å². The highest BCUT2D eigenvalue weighted by molar-refractivity contribution is 7.22. The first-order chi connectivity index (χ1) is 16.6. The van der Waals surface area contributed by atoms with Crippen LogP contribution in [0.1, 0.15) is 59.7 Å². The summed E-state index contributed by atoms with van der Waals surface area (Å²) in [5.74, 6) is 0.402. The van der Waals surface area contributed by atoms with Gasteiger partial charge in [-0.1, -0.05) is 13.8 Å². The van der Waals surface area contributed by atoms with E-state index in [2.05, 4.69) is 59.6 Å². The third-order valence-electron chi connectivity index (χ3n) is 7.58. The molecule has 1 aliphatic carbocycles. The molecule has 0 atom stereocenters. The summed E-state index contributed by atoms with van der Waals surface area (Å²) < 4.78 is 1.96. The zero-order valence-electron chi connectivity index (χ0n) is 19.8. The molecule has 2 aliphatic rings. The van der Waals surface area contributed by atoms with Gasteiger partial charge in [0.2, 0.25) is 0 Å². The minimum absolute atomic E-state index is 0.402. The van der Waals surface area contributed by atoms with Crippen LogP contribution in [-0.2, 0) is 25.8 Å². The van der Waals surface area contributed by atoms with Crippen LogP contribution < -0.4 is 5.32 Å². The number of H-pyrrole nitrogens is 1. The Morgan fingerprint density at radius 2 is 2.00 bits per heavy atom. The first-order valence-electron chi connectivity index (χ1n) is 12.3. The van der Waals surface area contributed by atoms with E-state index in [-0.39, 0.29) is 0 Å². The molecular formula is C27H28N6S. The number of nitrogens with one attached hydrogen (secondary N) is 2. The summed E-state index contributed by atoms with van der Waals surface area (Å²) in [5.41, 5.74) is 13.0. The molecule has 0 fully saturated rings. The lowest BCUT2D eigenvalue weighted by Gasteiger charge is -2.17. The molecule has 5 aromatic heterocycles. The van der Waals surface area contributed by atoms with Crippen LogP contribution in [0, 0.1) is 6.92 Å². The standard InChI is InChI=1S/C27H28N6S/c1-14(2)22-23-15(3)25(17-9-16-10-28-8-7-21(16)29-11-17)34-27(23)32-24(22)20-12-33-26(30-13-31-33)19-6-4-5-18(19)20/h9,11-14,28,32H,4-8,10H2,1-3H3. The maximum absolute atomic E-state index is 4.82. The van der Waals surface area contributed by atoms with Gasteiger partial charge < -0.3 is 10.3 Å². The SMILES string of the molecule is Cc1c(-c2cnc3c(c2)CNCC3)sc2[nH]c(-c3cn4ncnc4c4c3CCC4)c(C(C)C)c12. The number of pyridine rings is 2. The Bertz CT molecular complexity index is 1580. The monoisotopic (exact) mass is 468 g/mol. The van der Waals surface area contributed by atoms with Crippen molar-refractivity contribution in [2.45, 2.75) is 58.9 Å². The van der Waals surface area contributed by atoms with E-state index in [4.69, 9.17) is 4.98 Å². The molecule has 0 aromatic carbocycles. The average molecular weight is 469 g/mol. The molecule has 6 nitrogen and oxygen atoms in total. The van der Waals surface area contributed by atoms with Gasteiger partial charge in [-0.3, -0.25) is 4.98 Å². The van der Waals surface area contributed by atoms with Crippen LogP contribution in [0.4, 0.5) is 0 Å². The van der Waals surface area contributed by atoms with E-state index in [9.17, 15) is 0 Å². The highest BCUT2D eigenvalue weighted by Crippen LogP contribution is 2.47. The van der Waals surface area contributed by atoms with Crippen molar-refractivity contribution in [1.82, 2.24) is 29.9 Å².